The average molecular weight is 253 g/mol. The first-order chi connectivity index (χ1) is 8.09. The van der Waals surface area contributed by atoms with E-state index in [0.29, 0.717) is 0 Å². The van der Waals surface area contributed by atoms with Crippen molar-refractivity contribution in [2.24, 2.45) is 0 Å². The van der Waals surface area contributed by atoms with Gasteiger partial charge >= 0.3 is 0 Å². The maximum atomic E-state index is 5.95. The maximum absolute atomic E-state index is 5.95. The summed E-state index contributed by atoms with van der Waals surface area (Å²) in [4.78, 5) is 2.50. The molecule has 1 fully saturated rings. The van der Waals surface area contributed by atoms with Gasteiger partial charge in [0.15, 0.2) is 0 Å². The lowest BCUT2D eigenvalue weighted by atomic mass is 9.95. The Morgan fingerprint density at radius 2 is 1.88 bits per heavy atom. The number of halogens is 1. The number of hydrogen-bond acceptors (Lipinski definition) is 2. The molecule has 2 nitrogen and oxygen atoms in total. The van der Waals surface area contributed by atoms with E-state index >= 15 is 0 Å². The van der Waals surface area contributed by atoms with Crippen LogP contribution in [0.1, 0.15) is 26.7 Å². The Hall–Kier alpha value is -0.730. The largest absolute Gasteiger partial charge is 0.366 e. The number of nitrogens with zero attached hydrogens (tertiary/aromatic N) is 1. The van der Waals surface area contributed by atoms with Gasteiger partial charge in [-0.25, -0.2) is 0 Å². The lowest BCUT2D eigenvalue weighted by Gasteiger charge is -2.42. The molecule has 0 spiro atoms. The topological polar surface area (TPSA) is 15.3 Å². The summed E-state index contributed by atoms with van der Waals surface area (Å²) in [6.07, 6.45) is 2.35. The van der Waals surface area contributed by atoms with Crippen LogP contribution in [0.2, 0.25) is 5.02 Å². The van der Waals surface area contributed by atoms with Gasteiger partial charge in [-0.2, -0.15) is 0 Å². The first kappa shape index (κ1) is 12.7. The second-order valence-electron chi connectivity index (χ2n) is 5.29. The highest BCUT2D eigenvalue weighted by Gasteiger charge is 2.27. The molecular formula is C14H21ClN2. The molecule has 0 radical (unpaired) electrons. The van der Waals surface area contributed by atoms with E-state index in [1.165, 1.54) is 12.1 Å². The minimum atomic E-state index is 0.196. The molecule has 0 aliphatic carbocycles. The van der Waals surface area contributed by atoms with Crippen LogP contribution in [0.25, 0.3) is 0 Å². The molecule has 3 heteroatoms. The fourth-order valence-corrected chi connectivity index (χ4v) is 2.54. The van der Waals surface area contributed by atoms with Crippen molar-refractivity contribution in [1.82, 2.24) is 5.32 Å². The summed E-state index contributed by atoms with van der Waals surface area (Å²) in [7, 11) is 0. The number of hydrogen-bond donors (Lipinski definition) is 1. The molecule has 0 atom stereocenters. The van der Waals surface area contributed by atoms with E-state index in [0.717, 1.165) is 31.1 Å². The van der Waals surface area contributed by atoms with Crippen LogP contribution >= 0.6 is 11.6 Å². The molecular weight excluding hydrogens is 232 g/mol. The van der Waals surface area contributed by atoms with E-state index in [4.69, 9.17) is 11.6 Å². The second-order valence-corrected chi connectivity index (χ2v) is 5.73. The Bertz CT molecular complexity index is 359. The zero-order valence-electron chi connectivity index (χ0n) is 10.7. The molecule has 0 bridgehead atoms. The Kier molecular flexibility index (Phi) is 3.95. The molecule has 1 aromatic rings. The molecule has 0 amide bonds. The average Bonchev–Trinajstić information content (AvgIpc) is 2.27. The van der Waals surface area contributed by atoms with Gasteiger partial charge in [0.05, 0.1) is 0 Å². The van der Waals surface area contributed by atoms with Crippen LogP contribution in [0.5, 0.6) is 0 Å². The molecule has 2 rings (SSSR count). The van der Waals surface area contributed by atoms with Gasteiger partial charge in [-0.3, -0.25) is 0 Å². The summed E-state index contributed by atoms with van der Waals surface area (Å²) < 4.78 is 0. The SMILES string of the molecule is CC1(C)CCNCCCN1c1ccc(Cl)cc1. The van der Waals surface area contributed by atoms with Crippen LogP contribution in [0.3, 0.4) is 0 Å². The summed E-state index contributed by atoms with van der Waals surface area (Å²) in [5.74, 6) is 0. The number of anilines is 1. The quantitative estimate of drug-likeness (QED) is 0.825. The fraction of sp³-hybridized carbons (Fsp3) is 0.571. The standard InChI is InChI=1S/C14H21ClN2/c1-14(2)8-10-16-9-3-11-17(14)13-6-4-12(15)5-7-13/h4-7,16H,3,8-11H2,1-2H3. The molecule has 1 aliphatic heterocycles. The highest BCUT2D eigenvalue weighted by molar-refractivity contribution is 6.30. The highest BCUT2D eigenvalue weighted by Crippen LogP contribution is 2.28. The molecule has 1 aromatic carbocycles. The van der Waals surface area contributed by atoms with Crippen molar-refractivity contribution in [3.63, 3.8) is 0 Å². The molecule has 1 heterocycles. The van der Waals surface area contributed by atoms with Gasteiger partial charge < -0.3 is 10.2 Å². The molecule has 1 N–H and O–H groups in total. The third-order valence-electron chi connectivity index (χ3n) is 3.52. The number of rotatable bonds is 1. The Labute approximate surface area is 109 Å². The van der Waals surface area contributed by atoms with Crippen LogP contribution in [0.4, 0.5) is 5.69 Å². The van der Waals surface area contributed by atoms with Crippen LogP contribution in [-0.2, 0) is 0 Å². The van der Waals surface area contributed by atoms with Crippen molar-refractivity contribution in [2.45, 2.75) is 32.2 Å². The van der Waals surface area contributed by atoms with E-state index in [1.54, 1.807) is 0 Å². The molecule has 1 saturated heterocycles. The van der Waals surface area contributed by atoms with Crippen molar-refractivity contribution < 1.29 is 0 Å². The lowest BCUT2D eigenvalue weighted by Crippen LogP contribution is -2.48. The number of benzene rings is 1. The normalized spacial score (nSPS) is 20.8. The van der Waals surface area contributed by atoms with Crippen molar-refractivity contribution in [2.75, 3.05) is 24.5 Å². The third kappa shape index (κ3) is 3.14. The van der Waals surface area contributed by atoms with Crippen molar-refractivity contribution >= 4 is 17.3 Å². The van der Waals surface area contributed by atoms with E-state index < -0.39 is 0 Å². The summed E-state index contributed by atoms with van der Waals surface area (Å²) in [5.41, 5.74) is 1.47. The van der Waals surface area contributed by atoms with Crippen LogP contribution < -0.4 is 10.2 Å². The summed E-state index contributed by atoms with van der Waals surface area (Å²) >= 11 is 5.95. The van der Waals surface area contributed by atoms with Gasteiger partial charge in [0.1, 0.15) is 0 Å². The molecule has 17 heavy (non-hydrogen) atoms. The van der Waals surface area contributed by atoms with Gasteiger partial charge in [-0.05, 0) is 64.0 Å². The molecule has 94 valence electrons. The summed E-state index contributed by atoms with van der Waals surface area (Å²) in [6.45, 7) is 7.93. The Morgan fingerprint density at radius 3 is 2.59 bits per heavy atom. The van der Waals surface area contributed by atoms with Gasteiger partial charge in [0.2, 0.25) is 0 Å². The monoisotopic (exact) mass is 252 g/mol. The smallest absolute Gasteiger partial charge is 0.0407 e. The molecule has 0 saturated carbocycles. The Balaban J connectivity index is 2.22. The highest BCUT2D eigenvalue weighted by atomic mass is 35.5. The van der Waals surface area contributed by atoms with Gasteiger partial charge in [-0.15, -0.1) is 0 Å². The third-order valence-corrected chi connectivity index (χ3v) is 3.77. The summed E-state index contributed by atoms with van der Waals surface area (Å²) in [6, 6.07) is 8.20. The minimum Gasteiger partial charge on any atom is -0.366 e. The van der Waals surface area contributed by atoms with Gasteiger partial charge in [0, 0.05) is 22.8 Å². The molecule has 0 unspecified atom stereocenters. The van der Waals surface area contributed by atoms with E-state index in [2.05, 4.69) is 36.2 Å². The van der Waals surface area contributed by atoms with Crippen molar-refractivity contribution in [3.05, 3.63) is 29.3 Å². The maximum Gasteiger partial charge on any atom is 0.0407 e. The number of nitrogens with one attached hydrogen (secondary N) is 1. The zero-order chi connectivity index (χ0) is 12.3. The minimum absolute atomic E-state index is 0.196. The van der Waals surface area contributed by atoms with Crippen LogP contribution in [0, 0.1) is 0 Å². The predicted molar refractivity (Wildman–Crippen MR) is 75.0 cm³/mol. The molecule has 1 aliphatic rings. The van der Waals surface area contributed by atoms with E-state index in [9.17, 15) is 0 Å². The van der Waals surface area contributed by atoms with Gasteiger partial charge in [-0.1, -0.05) is 11.6 Å². The second kappa shape index (κ2) is 5.28. The van der Waals surface area contributed by atoms with Crippen molar-refractivity contribution in [3.8, 4) is 0 Å². The van der Waals surface area contributed by atoms with Crippen LogP contribution in [0.15, 0.2) is 24.3 Å². The summed E-state index contributed by atoms with van der Waals surface area (Å²) in [5, 5.41) is 4.28. The Morgan fingerprint density at radius 1 is 1.18 bits per heavy atom. The lowest BCUT2D eigenvalue weighted by molar-refractivity contribution is 0.387. The van der Waals surface area contributed by atoms with E-state index in [1.807, 2.05) is 12.1 Å². The van der Waals surface area contributed by atoms with E-state index in [-0.39, 0.29) is 5.54 Å². The fourth-order valence-electron chi connectivity index (χ4n) is 2.42. The first-order valence-corrected chi connectivity index (χ1v) is 6.71. The molecule has 0 aromatic heterocycles. The van der Waals surface area contributed by atoms with Crippen molar-refractivity contribution in [1.29, 1.82) is 0 Å². The zero-order valence-corrected chi connectivity index (χ0v) is 11.4. The predicted octanol–water partition coefficient (Wildman–Crippen LogP) is 3.31. The van der Waals surface area contributed by atoms with Crippen LogP contribution in [-0.4, -0.2) is 25.2 Å². The van der Waals surface area contributed by atoms with Gasteiger partial charge in [0.25, 0.3) is 0 Å². The first-order valence-electron chi connectivity index (χ1n) is 6.33.